The second-order valence-corrected chi connectivity index (χ2v) is 6.19. The normalized spacial score (nSPS) is 11.4. The Morgan fingerprint density at radius 3 is 2.50 bits per heavy atom. The lowest BCUT2D eigenvalue weighted by Crippen LogP contribution is -2.32. The molecular formula is C18H14F4N4O4. The zero-order chi connectivity index (χ0) is 22.1. The number of alkyl halides is 3. The molecule has 0 aliphatic carbocycles. The van der Waals surface area contributed by atoms with E-state index in [2.05, 4.69) is 20.0 Å². The van der Waals surface area contributed by atoms with Gasteiger partial charge in [-0.2, -0.15) is 0 Å². The number of nitrogens with one attached hydrogen (secondary N) is 2. The van der Waals surface area contributed by atoms with E-state index >= 15 is 0 Å². The van der Waals surface area contributed by atoms with Crippen LogP contribution in [-0.2, 0) is 4.79 Å². The van der Waals surface area contributed by atoms with E-state index in [0.29, 0.717) is 5.69 Å². The van der Waals surface area contributed by atoms with Crippen LogP contribution in [0.15, 0.2) is 36.4 Å². The third kappa shape index (κ3) is 4.96. The zero-order valence-corrected chi connectivity index (χ0v) is 15.2. The number of anilines is 2. The van der Waals surface area contributed by atoms with Gasteiger partial charge in [-0.1, -0.05) is 0 Å². The van der Waals surface area contributed by atoms with Crippen molar-refractivity contribution in [2.75, 3.05) is 18.9 Å². The maximum Gasteiger partial charge on any atom is 0.573 e. The first-order chi connectivity index (χ1) is 14.0. The number of rotatable bonds is 6. The van der Waals surface area contributed by atoms with Crippen LogP contribution in [0.1, 0.15) is 10.4 Å². The van der Waals surface area contributed by atoms with Gasteiger partial charge in [0.25, 0.3) is 5.91 Å². The highest BCUT2D eigenvalue weighted by atomic mass is 19.4. The molecule has 3 rings (SSSR count). The van der Waals surface area contributed by atoms with Gasteiger partial charge in [-0.25, -0.2) is 9.37 Å². The highest BCUT2D eigenvalue weighted by molar-refractivity contribution is 5.99. The number of aromatic nitrogens is 2. The molecule has 0 saturated heterocycles. The third-order valence-electron chi connectivity index (χ3n) is 3.87. The smallest absolute Gasteiger partial charge is 0.480 e. The Bertz CT molecular complexity index is 1100. The van der Waals surface area contributed by atoms with E-state index in [-0.39, 0.29) is 22.5 Å². The number of ether oxygens (including phenoxy) is 1. The van der Waals surface area contributed by atoms with Gasteiger partial charge in [-0.05, 0) is 30.3 Å². The summed E-state index contributed by atoms with van der Waals surface area (Å²) in [5, 5.41) is 11.6. The van der Waals surface area contributed by atoms with Crippen molar-refractivity contribution in [1.82, 2.24) is 14.9 Å². The standard InChI is InChI=1S/C18H14F4N4O4/c1-26(8-15(27)28)16(29)11-6-13-14(7-12(11)19)25-17(24-13)23-9-2-4-10(5-3-9)30-18(20,21)22/h2-7H,8H2,1H3,(H,27,28)(H2,23,24,25). The van der Waals surface area contributed by atoms with Gasteiger partial charge < -0.3 is 25.0 Å². The van der Waals surface area contributed by atoms with Crippen molar-refractivity contribution in [2.24, 2.45) is 0 Å². The Balaban J connectivity index is 1.80. The number of likely N-dealkylation sites (N-methyl/N-ethyl adjacent to an activating group) is 1. The molecule has 0 aliphatic rings. The molecule has 3 N–H and O–H groups in total. The monoisotopic (exact) mass is 426 g/mol. The number of benzene rings is 2. The summed E-state index contributed by atoms with van der Waals surface area (Å²) in [5.41, 5.74) is 0.506. The van der Waals surface area contributed by atoms with Gasteiger partial charge in [0.2, 0.25) is 5.95 Å². The second-order valence-electron chi connectivity index (χ2n) is 6.19. The number of amides is 1. The lowest BCUT2D eigenvalue weighted by atomic mass is 10.1. The summed E-state index contributed by atoms with van der Waals surface area (Å²) >= 11 is 0. The Hall–Kier alpha value is -3.83. The van der Waals surface area contributed by atoms with Crippen LogP contribution in [0.25, 0.3) is 11.0 Å². The Labute approximate surface area is 166 Å². The molecule has 0 atom stereocenters. The molecule has 2 aromatic carbocycles. The van der Waals surface area contributed by atoms with Crippen molar-refractivity contribution in [1.29, 1.82) is 0 Å². The molecular weight excluding hydrogens is 412 g/mol. The number of aromatic amines is 1. The van der Waals surface area contributed by atoms with Crippen LogP contribution in [0.4, 0.5) is 29.2 Å². The number of halogens is 4. The number of nitrogens with zero attached hydrogens (tertiary/aromatic N) is 2. The number of carbonyl (C=O) groups is 2. The van der Waals surface area contributed by atoms with Gasteiger partial charge in [0.15, 0.2) is 0 Å². The van der Waals surface area contributed by atoms with Crippen molar-refractivity contribution in [2.45, 2.75) is 6.36 Å². The topological polar surface area (TPSA) is 108 Å². The predicted molar refractivity (Wildman–Crippen MR) is 97.1 cm³/mol. The summed E-state index contributed by atoms with van der Waals surface area (Å²) < 4.78 is 54.7. The van der Waals surface area contributed by atoms with Gasteiger partial charge in [-0.15, -0.1) is 13.2 Å². The van der Waals surface area contributed by atoms with E-state index in [0.717, 1.165) is 23.1 Å². The molecule has 0 spiro atoms. The Morgan fingerprint density at radius 2 is 1.90 bits per heavy atom. The molecule has 0 unspecified atom stereocenters. The van der Waals surface area contributed by atoms with Crippen molar-refractivity contribution in [3.63, 3.8) is 0 Å². The van der Waals surface area contributed by atoms with Crippen molar-refractivity contribution >= 4 is 34.5 Å². The maximum absolute atomic E-state index is 14.3. The number of carbonyl (C=O) groups excluding carboxylic acids is 1. The lowest BCUT2D eigenvalue weighted by Gasteiger charge is -2.14. The van der Waals surface area contributed by atoms with Crippen LogP contribution >= 0.6 is 0 Å². The minimum atomic E-state index is -4.80. The van der Waals surface area contributed by atoms with Crippen LogP contribution in [0, 0.1) is 5.82 Å². The number of fused-ring (bicyclic) bond motifs is 1. The quantitative estimate of drug-likeness (QED) is 0.521. The number of hydrogen-bond donors (Lipinski definition) is 3. The Kier molecular flexibility index (Phi) is 5.49. The summed E-state index contributed by atoms with van der Waals surface area (Å²) in [6.45, 7) is -0.599. The first-order valence-corrected chi connectivity index (χ1v) is 8.31. The molecule has 1 aromatic heterocycles. The summed E-state index contributed by atoms with van der Waals surface area (Å²) in [4.78, 5) is 30.8. The van der Waals surface area contributed by atoms with Gasteiger partial charge in [0, 0.05) is 18.8 Å². The summed E-state index contributed by atoms with van der Waals surface area (Å²) in [6.07, 6.45) is -4.80. The van der Waals surface area contributed by atoms with E-state index < -0.39 is 36.4 Å². The van der Waals surface area contributed by atoms with Crippen LogP contribution in [-0.4, -0.2) is 51.8 Å². The van der Waals surface area contributed by atoms with Gasteiger partial charge in [0.05, 0.1) is 16.6 Å². The fraction of sp³-hybridized carbons (Fsp3) is 0.167. The molecule has 158 valence electrons. The number of aliphatic carboxylic acids is 1. The number of carboxylic acid groups (broad SMARTS) is 1. The number of imidazole rings is 1. The predicted octanol–water partition coefficient (Wildman–Crippen LogP) is 3.50. The highest BCUT2D eigenvalue weighted by Crippen LogP contribution is 2.26. The minimum absolute atomic E-state index is 0.150. The second kappa shape index (κ2) is 7.89. The SMILES string of the molecule is CN(CC(=O)O)C(=O)c1cc2nc(Nc3ccc(OC(F)(F)F)cc3)[nH]c2cc1F. The zero-order valence-electron chi connectivity index (χ0n) is 15.2. The van der Waals surface area contributed by atoms with Crippen LogP contribution in [0.2, 0.25) is 0 Å². The Morgan fingerprint density at radius 1 is 1.23 bits per heavy atom. The fourth-order valence-electron chi connectivity index (χ4n) is 2.61. The number of carboxylic acids is 1. The van der Waals surface area contributed by atoms with E-state index in [1.54, 1.807) is 0 Å². The molecule has 3 aromatic rings. The van der Waals surface area contributed by atoms with E-state index in [1.165, 1.54) is 25.2 Å². The molecule has 0 aliphatic heterocycles. The molecule has 0 radical (unpaired) electrons. The molecule has 8 nitrogen and oxygen atoms in total. The van der Waals surface area contributed by atoms with E-state index in [9.17, 15) is 27.2 Å². The molecule has 1 amide bonds. The summed E-state index contributed by atoms with van der Waals surface area (Å²) in [5.74, 6) is -3.18. The largest absolute Gasteiger partial charge is 0.573 e. The van der Waals surface area contributed by atoms with Crippen molar-refractivity contribution in [3.8, 4) is 5.75 Å². The average Bonchev–Trinajstić information content (AvgIpc) is 3.01. The summed E-state index contributed by atoms with van der Waals surface area (Å²) in [7, 11) is 1.23. The molecule has 30 heavy (non-hydrogen) atoms. The molecule has 1 heterocycles. The van der Waals surface area contributed by atoms with Crippen LogP contribution < -0.4 is 10.1 Å². The van der Waals surface area contributed by atoms with E-state index in [1.807, 2.05) is 0 Å². The van der Waals surface area contributed by atoms with Gasteiger partial charge >= 0.3 is 12.3 Å². The first-order valence-electron chi connectivity index (χ1n) is 8.31. The molecule has 0 fully saturated rings. The van der Waals surface area contributed by atoms with Gasteiger partial charge in [0.1, 0.15) is 18.1 Å². The molecule has 0 bridgehead atoms. The van der Waals surface area contributed by atoms with Crippen LogP contribution in [0.5, 0.6) is 5.75 Å². The first kappa shape index (κ1) is 20.9. The van der Waals surface area contributed by atoms with Crippen molar-refractivity contribution < 1.29 is 37.0 Å². The average molecular weight is 426 g/mol. The lowest BCUT2D eigenvalue weighted by molar-refractivity contribution is -0.274. The number of H-pyrrole nitrogens is 1. The van der Waals surface area contributed by atoms with Crippen LogP contribution in [0.3, 0.4) is 0 Å². The van der Waals surface area contributed by atoms with E-state index in [4.69, 9.17) is 5.11 Å². The number of hydrogen-bond acceptors (Lipinski definition) is 5. The van der Waals surface area contributed by atoms with Crippen molar-refractivity contribution in [3.05, 3.63) is 47.8 Å². The third-order valence-corrected chi connectivity index (χ3v) is 3.87. The highest BCUT2D eigenvalue weighted by Gasteiger charge is 2.31. The molecule has 12 heteroatoms. The minimum Gasteiger partial charge on any atom is -0.480 e. The summed E-state index contributed by atoms with van der Waals surface area (Å²) in [6, 6.07) is 7.07. The molecule has 0 saturated carbocycles. The fourth-order valence-corrected chi connectivity index (χ4v) is 2.61. The maximum atomic E-state index is 14.3. The van der Waals surface area contributed by atoms with Gasteiger partial charge in [-0.3, -0.25) is 9.59 Å².